The molecule has 0 aliphatic heterocycles. The maximum Gasteiger partial charge on any atom is 0.270 e. The van der Waals surface area contributed by atoms with Crippen LogP contribution in [-0.4, -0.2) is 26.8 Å². The molecule has 0 spiro atoms. The highest BCUT2D eigenvalue weighted by atomic mass is 79.9. The first-order chi connectivity index (χ1) is 14.5. The van der Waals surface area contributed by atoms with Gasteiger partial charge in [0.05, 0.1) is 11.5 Å². The number of carbonyl (C=O) groups is 1. The Hall–Kier alpha value is -2.93. The molecule has 1 heterocycles. The normalized spacial score (nSPS) is 10.7. The van der Waals surface area contributed by atoms with E-state index in [0.717, 1.165) is 23.0 Å². The molecule has 6 nitrogen and oxygen atoms in total. The van der Waals surface area contributed by atoms with E-state index < -0.39 is 4.92 Å². The molecule has 1 aromatic heterocycles. The zero-order valence-corrected chi connectivity index (χ0v) is 18.4. The fraction of sp³-hybridized carbons (Fsp3) is 0.261. The van der Waals surface area contributed by atoms with E-state index in [0.29, 0.717) is 25.2 Å². The third-order valence-corrected chi connectivity index (χ3v) is 5.44. The number of nitro groups is 1. The largest absolute Gasteiger partial charge is 0.345 e. The van der Waals surface area contributed by atoms with Crippen molar-refractivity contribution in [3.8, 4) is 0 Å². The molecule has 0 saturated carbocycles. The van der Waals surface area contributed by atoms with Crippen molar-refractivity contribution >= 4 is 27.5 Å². The predicted octanol–water partition coefficient (Wildman–Crippen LogP) is 5.65. The summed E-state index contributed by atoms with van der Waals surface area (Å²) in [5, 5.41) is 11.1. The van der Waals surface area contributed by atoms with Crippen LogP contribution < -0.4 is 0 Å². The SMILES string of the molecule is CCCCN(Cc1cccn1Cc1ccc(Br)cc1)C(=O)c1cccc([N+](=O)[O-])c1. The van der Waals surface area contributed by atoms with Crippen LogP contribution in [0.15, 0.2) is 71.3 Å². The average Bonchev–Trinajstić information content (AvgIpc) is 3.18. The number of halogens is 1. The van der Waals surface area contributed by atoms with E-state index in [1.807, 2.05) is 30.5 Å². The van der Waals surface area contributed by atoms with E-state index in [1.54, 1.807) is 17.0 Å². The van der Waals surface area contributed by atoms with Gasteiger partial charge in [-0.05, 0) is 42.3 Å². The van der Waals surface area contributed by atoms with Crippen LogP contribution in [0.3, 0.4) is 0 Å². The fourth-order valence-electron chi connectivity index (χ4n) is 3.27. The second kappa shape index (κ2) is 10.2. The highest BCUT2D eigenvalue weighted by Crippen LogP contribution is 2.18. The van der Waals surface area contributed by atoms with Gasteiger partial charge in [-0.3, -0.25) is 14.9 Å². The van der Waals surface area contributed by atoms with E-state index in [2.05, 4.69) is 39.6 Å². The number of benzene rings is 2. The van der Waals surface area contributed by atoms with Gasteiger partial charge in [0, 0.05) is 47.1 Å². The van der Waals surface area contributed by atoms with Crippen molar-refractivity contribution in [2.45, 2.75) is 32.9 Å². The molecule has 0 radical (unpaired) electrons. The van der Waals surface area contributed by atoms with Gasteiger partial charge in [-0.25, -0.2) is 0 Å². The van der Waals surface area contributed by atoms with Crippen LogP contribution >= 0.6 is 15.9 Å². The number of hydrogen-bond acceptors (Lipinski definition) is 3. The Morgan fingerprint density at radius 3 is 2.60 bits per heavy atom. The minimum atomic E-state index is -0.476. The van der Waals surface area contributed by atoms with E-state index in [9.17, 15) is 14.9 Å². The minimum absolute atomic E-state index is 0.0742. The summed E-state index contributed by atoms with van der Waals surface area (Å²) < 4.78 is 3.16. The number of aromatic nitrogens is 1. The quantitative estimate of drug-likeness (QED) is 0.300. The summed E-state index contributed by atoms with van der Waals surface area (Å²) in [7, 11) is 0. The number of amides is 1. The molecule has 3 aromatic rings. The van der Waals surface area contributed by atoms with E-state index >= 15 is 0 Å². The highest BCUT2D eigenvalue weighted by molar-refractivity contribution is 9.10. The first-order valence-corrected chi connectivity index (χ1v) is 10.7. The summed E-state index contributed by atoms with van der Waals surface area (Å²) >= 11 is 3.45. The summed E-state index contributed by atoms with van der Waals surface area (Å²) in [5.74, 6) is -0.191. The Bertz CT molecular complexity index is 1010. The van der Waals surface area contributed by atoms with Crippen molar-refractivity contribution in [1.29, 1.82) is 0 Å². The highest BCUT2D eigenvalue weighted by Gasteiger charge is 2.19. The van der Waals surface area contributed by atoms with Gasteiger partial charge in [0.2, 0.25) is 0 Å². The minimum Gasteiger partial charge on any atom is -0.345 e. The second-order valence-electron chi connectivity index (χ2n) is 7.14. The second-order valence-corrected chi connectivity index (χ2v) is 8.06. The Labute approximate surface area is 184 Å². The zero-order chi connectivity index (χ0) is 21.5. The zero-order valence-electron chi connectivity index (χ0n) is 16.8. The van der Waals surface area contributed by atoms with E-state index in [4.69, 9.17) is 0 Å². The van der Waals surface area contributed by atoms with Crippen LogP contribution in [0.5, 0.6) is 0 Å². The van der Waals surface area contributed by atoms with Crippen molar-refractivity contribution in [3.05, 3.63) is 98.3 Å². The van der Waals surface area contributed by atoms with Gasteiger partial charge in [0.25, 0.3) is 11.6 Å². The summed E-state index contributed by atoms with van der Waals surface area (Å²) in [6.07, 6.45) is 3.83. The van der Waals surface area contributed by atoms with Crippen LogP contribution in [0, 0.1) is 10.1 Å². The number of non-ortho nitro benzene ring substituents is 1. The van der Waals surface area contributed by atoms with E-state index in [-0.39, 0.29) is 11.6 Å². The maximum absolute atomic E-state index is 13.1. The molecule has 0 bridgehead atoms. The monoisotopic (exact) mass is 469 g/mol. The molecule has 3 rings (SSSR count). The lowest BCUT2D eigenvalue weighted by atomic mass is 10.1. The standard InChI is InChI=1S/C23H24BrN3O3/c1-2-3-13-26(23(28)19-6-4-7-21(15-19)27(29)30)17-22-8-5-14-25(22)16-18-9-11-20(24)12-10-18/h4-12,14-15H,2-3,13,16-17H2,1H3. The number of hydrogen-bond donors (Lipinski definition) is 0. The van der Waals surface area contributed by atoms with Crippen molar-refractivity contribution in [1.82, 2.24) is 9.47 Å². The fourth-order valence-corrected chi connectivity index (χ4v) is 3.53. The molecule has 0 atom stereocenters. The van der Waals surface area contributed by atoms with Crippen molar-refractivity contribution in [2.24, 2.45) is 0 Å². The lowest BCUT2D eigenvalue weighted by Gasteiger charge is -2.24. The molecule has 0 unspecified atom stereocenters. The predicted molar refractivity (Wildman–Crippen MR) is 120 cm³/mol. The van der Waals surface area contributed by atoms with Gasteiger partial charge in [-0.1, -0.05) is 47.5 Å². The van der Waals surface area contributed by atoms with Gasteiger partial charge >= 0.3 is 0 Å². The molecule has 0 aliphatic rings. The van der Waals surface area contributed by atoms with Crippen molar-refractivity contribution in [2.75, 3.05) is 6.54 Å². The first-order valence-electron chi connectivity index (χ1n) is 9.90. The van der Waals surface area contributed by atoms with Gasteiger partial charge < -0.3 is 9.47 Å². The Kier molecular flexibility index (Phi) is 7.41. The molecule has 0 saturated heterocycles. The van der Waals surface area contributed by atoms with Gasteiger partial charge in [0.15, 0.2) is 0 Å². The van der Waals surface area contributed by atoms with Crippen LogP contribution in [0.1, 0.15) is 41.4 Å². The molecule has 2 aromatic carbocycles. The Morgan fingerprint density at radius 2 is 1.90 bits per heavy atom. The first kappa shape index (κ1) is 21.8. The van der Waals surface area contributed by atoms with Crippen molar-refractivity contribution < 1.29 is 9.72 Å². The smallest absolute Gasteiger partial charge is 0.270 e. The topological polar surface area (TPSA) is 68.4 Å². The third-order valence-electron chi connectivity index (χ3n) is 4.92. The van der Waals surface area contributed by atoms with Crippen LogP contribution in [0.2, 0.25) is 0 Å². The van der Waals surface area contributed by atoms with Gasteiger partial charge in [-0.15, -0.1) is 0 Å². The molecule has 0 fully saturated rings. The molecular formula is C23H24BrN3O3. The summed E-state index contributed by atoms with van der Waals surface area (Å²) in [4.78, 5) is 25.5. The molecular weight excluding hydrogens is 446 g/mol. The molecule has 0 aliphatic carbocycles. The number of rotatable bonds is 9. The van der Waals surface area contributed by atoms with Gasteiger partial charge in [0.1, 0.15) is 0 Å². The third kappa shape index (κ3) is 5.57. The summed E-state index contributed by atoms with van der Waals surface area (Å²) in [6.45, 7) is 3.83. The molecule has 1 amide bonds. The number of nitro benzene ring substituents is 1. The van der Waals surface area contributed by atoms with Crippen LogP contribution in [0.4, 0.5) is 5.69 Å². The lowest BCUT2D eigenvalue weighted by molar-refractivity contribution is -0.384. The lowest BCUT2D eigenvalue weighted by Crippen LogP contribution is -2.32. The Morgan fingerprint density at radius 1 is 1.13 bits per heavy atom. The van der Waals surface area contributed by atoms with Crippen LogP contribution in [0.25, 0.3) is 0 Å². The maximum atomic E-state index is 13.1. The average molecular weight is 470 g/mol. The molecule has 30 heavy (non-hydrogen) atoms. The van der Waals surface area contributed by atoms with E-state index in [1.165, 1.54) is 17.7 Å². The number of unbranched alkanes of at least 4 members (excludes halogenated alkanes) is 1. The molecule has 0 N–H and O–H groups in total. The van der Waals surface area contributed by atoms with Gasteiger partial charge in [-0.2, -0.15) is 0 Å². The molecule has 156 valence electrons. The summed E-state index contributed by atoms with van der Waals surface area (Å²) in [5.41, 5.74) is 2.45. The molecule has 7 heteroatoms. The number of carbonyl (C=O) groups excluding carboxylic acids is 1. The Balaban J connectivity index is 1.81. The van der Waals surface area contributed by atoms with Crippen molar-refractivity contribution in [3.63, 3.8) is 0 Å². The summed E-state index contributed by atoms with van der Waals surface area (Å²) in [6, 6.07) is 18.1. The number of nitrogens with zero attached hydrogens (tertiary/aromatic N) is 3. The van der Waals surface area contributed by atoms with Crippen LogP contribution in [-0.2, 0) is 13.1 Å².